The number of para-hydroxylation sites is 2. The number of anilines is 1. The van der Waals surface area contributed by atoms with Gasteiger partial charge in [0.05, 0.1) is 5.69 Å². The van der Waals surface area contributed by atoms with Gasteiger partial charge in [0.2, 0.25) is 0 Å². The quantitative estimate of drug-likeness (QED) is 0.746. The van der Waals surface area contributed by atoms with E-state index in [1.54, 1.807) is 32.0 Å². The van der Waals surface area contributed by atoms with Gasteiger partial charge in [-0.3, -0.25) is 4.79 Å². The second kappa shape index (κ2) is 7.35. The van der Waals surface area contributed by atoms with E-state index in [1.807, 2.05) is 26.8 Å². The summed E-state index contributed by atoms with van der Waals surface area (Å²) in [5.74, 6) is -0.303. The smallest absolute Gasteiger partial charge is 0.319 e. The van der Waals surface area contributed by atoms with E-state index in [0.717, 1.165) is 0 Å². The number of carboxylic acid groups (broad SMARTS) is 1. The Kier molecular flexibility index (Phi) is 6.01. The molecular weight excluding hydrogens is 296 g/mol. The number of urea groups is 1. The highest BCUT2D eigenvalue weighted by Crippen LogP contribution is 2.27. The van der Waals surface area contributed by atoms with E-state index in [1.165, 1.54) is 0 Å². The summed E-state index contributed by atoms with van der Waals surface area (Å²) < 4.78 is 5.82. The van der Waals surface area contributed by atoms with E-state index in [9.17, 15) is 9.59 Å². The maximum absolute atomic E-state index is 12.2. The van der Waals surface area contributed by atoms with E-state index in [-0.39, 0.29) is 12.0 Å². The molecule has 0 aliphatic carbocycles. The molecule has 6 nitrogen and oxygen atoms in total. The van der Waals surface area contributed by atoms with Gasteiger partial charge in [-0.05, 0) is 53.2 Å². The van der Waals surface area contributed by atoms with Crippen molar-refractivity contribution >= 4 is 17.7 Å². The average Bonchev–Trinajstić information content (AvgIpc) is 2.36. The summed E-state index contributed by atoms with van der Waals surface area (Å²) in [6, 6.07) is 6.79. The first-order valence-corrected chi connectivity index (χ1v) is 7.57. The number of hydrogen-bond donors (Lipinski definition) is 3. The van der Waals surface area contributed by atoms with E-state index < -0.39 is 17.5 Å². The lowest BCUT2D eigenvalue weighted by molar-refractivity contribution is -0.137. The fourth-order valence-electron chi connectivity index (χ4n) is 1.93. The van der Waals surface area contributed by atoms with Crippen LogP contribution in [0, 0.1) is 0 Å². The minimum atomic E-state index is -0.885. The molecule has 1 aromatic carbocycles. The maximum atomic E-state index is 12.2. The van der Waals surface area contributed by atoms with Crippen LogP contribution in [0.5, 0.6) is 5.75 Å². The number of rotatable bonds is 6. The molecule has 1 aromatic rings. The molecular formula is C17H26N2O4. The number of carbonyl (C=O) groups is 2. The van der Waals surface area contributed by atoms with Crippen LogP contribution in [0.4, 0.5) is 10.5 Å². The highest BCUT2D eigenvalue weighted by atomic mass is 16.5. The van der Waals surface area contributed by atoms with E-state index in [4.69, 9.17) is 9.84 Å². The predicted octanol–water partition coefficient (Wildman–Crippen LogP) is 3.63. The van der Waals surface area contributed by atoms with Crippen LogP contribution in [-0.2, 0) is 4.79 Å². The average molecular weight is 322 g/mol. The fraction of sp³-hybridized carbons (Fsp3) is 0.529. The third kappa shape index (κ3) is 7.54. The van der Waals surface area contributed by atoms with Gasteiger partial charge in [0, 0.05) is 12.0 Å². The normalized spacial score (nSPS) is 11.7. The first kappa shape index (κ1) is 18.8. The third-order valence-electron chi connectivity index (χ3n) is 2.97. The zero-order chi connectivity index (χ0) is 17.7. The minimum Gasteiger partial charge on any atom is -0.486 e. The summed E-state index contributed by atoms with van der Waals surface area (Å²) in [5.41, 5.74) is -0.439. The largest absolute Gasteiger partial charge is 0.486 e. The SMILES string of the molecule is CC(C)(CCC(=O)O)NC(=O)Nc1ccccc1OC(C)(C)C. The maximum Gasteiger partial charge on any atom is 0.319 e. The van der Waals surface area contributed by atoms with E-state index >= 15 is 0 Å². The Balaban J connectivity index is 2.72. The second-order valence-electron chi connectivity index (χ2n) is 7.07. The van der Waals surface area contributed by atoms with Crippen molar-refractivity contribution in [3.05, 3.63) is 24.3 Å². The molecule has 0 fully saturated rings. The lowest BCUT2D eigenvalue weighted by Gasteiger charge is -2.27. The van der Waals surface area contributed by atoms with Crippen LogP contribution in [0.25, 0.3) is 0 Å². The monoisotopic (exact) mass is 322 g/mol. The molecule has 0 radical (unpaired) electrons. The van der Waals surface area contributed by atoms with Gasteiger partial charge < -0.3 is 20.5 Å². The van der Waals surface area contributed by atoms with Crippen molar-refractivity contribution in [1.29, 1.82) is 0 Å². The molecule has 0 aliphatic heterocycles. The first-order chi connectivity index (χ1) is 10.5. The first-order valence-electron chi connectivity index (χ1n) is 7.57. The Morgan fingerprint density at radius 3 is 2.30 bits per heavy atom. The Morgan fingerprint density at radius 1 is 1.13 bits per heavy atom. The lowest BCUT2D eigenvalue weighted by Crippen LogP contribution is -2.45. The summed E-state index contributed by atoms with van der Waals surface area (Å²) in [6.07, 6.45) is 0.340. The molecule has 3 N–H and O–H groups in total. The summed E-state index contributed by atoms with van der Waals surface area (Å²) in [7, 11) is 0. The van der Waals surface area contributed by atoms with Crippen molar-refractivity contribution in [2.45, 2.75) is 58.6 Å². The van der Waals surface area contributed by atoms with Gasteiger partial charge in [0.1, 0.15) is 11.4 Å². The number of benzene rings is 1. The molecule has 2 amide bonds. The van der Waals surface area contributed by atoms with Crippen molar-refractivity contribution in [1.82, 2.24) is 5.32 Å². The molecule has 0 aliphatic rings. The summed E-state index contributed by atoms with van der Waals surface area (Å²) in [4.78, 5) is 22.8. The van der Waals surface area contributed by atoms with Crippen molar-refractivity contribution in [2.24, 2.45) is 0 Å². The molecule has 1 rings (SSSR count). The molecule has 128 valence electrons. The summed E-state index contributed by atoms with van der Waals surface area (Å²) >= 11 is 0. The van der Waals surface area contributed by atoms with Crippen LogP contribution in [0.1, 0.15) is 47.5 Å². The van der Waals surface area contributed by atoms with Crippen molar-refractivity contribution in [2.75, 3.05) is 5.32 Å². The van der Waals surface area contributed by atoms with Crippen LogP contribution in [0.2, 0.25) is 0 Å². The molecule has 0 saturated heterocycles. The van der Waals surface area contributed by atoms with Crippen molar-refractivity contribution in [3.63, 3.8) is 0 Å². The van der Waals surface area contributed by atoms with E-state index in [2.05, 4.69) is 10.6 Å². The number of hydrogen-bond acceptors (Lipinski definition) is 3. The molecule has 0 unspecified atom stereocenters. The fourth-order valence-corrected chi connectivity index (χ4v) is 1.93. The Bertz CT molecular complexity index is 562. The van der Waals surface area contributed by atoms with Crippen LogP contribution >= 0.6 is 0 Å². The van der Waals surface area contributed by atoms with Gasteiger partial charge in [-0.2, -0.15) is 0 Å². The molecule has 0 bridgehead atoms. The Morgan fingerprint density at radius 2 is 1.74 bits per heavy atom. The van der Waals surface area contributed by atoms with Crippen LogP contribution in [0.3, 0.4) is 0 Å². The number of amides is 2. The summed E-state index contributed by atoms with van der Waals surface area (Å²) in [5, 5.41) is 14.3. The standard InChI is InChI=1S/C17H26N2O4/c1-16(2,3)23-13-9-7-6-8-12(13)18-15(22)19-17(4,5)11-10-14(20)21/h6-9H,10-11H2,1-5H3,(H,20,21)(H2,18,19,22). The van der Waals surface area contributed by atoms with Gasteiger partial charge in [0.15, 0.2) is 0 Å². The molecule has 0 heterocycles. The highest BCUT2D eigenvalue weighted by molar-refractivity contribution is 5.91. The number of carbonyl (C=O) groups excluding carboxylic acids is 1. The molecule has 23 heavy (non-hydrogen) atoms. The lowest BCUT2D eigenvalue weighted by atomic mass is 9.99. The van der Waals surface area contributed by atoms with Gasteiger partial charge in [-0.15, -0.1) is 0 Å². The number of aliphatic carboxylic acids is 1. The minimum absolute atomic E-state index is 0.00297. The van der Waals surface area contributed by atoms with E-state index in [0.29, 0.717) is 17.9 Å². The molecule has 0 aromatic heterocycles. The zero-order valence-corrected chi connectivity index (χ0v) is 14.4. The van der Waals surface area contributed by atoms with Gasteiger partial charge in [-0.1, -0.05) is 12.1 Å². The Hall–Kier alpha value is -2.24. The summed E-state index contributed by atoms with van der Waals surface area (Å²) in [6.45, 7) is 9.36. The Labute approximate surface area is 137 Å². The zero-order valence-electron chi connectivity index (χ0n) is 14.4. The van der Waals surface area contributed by atoms with Crippen molar-refractivity contribution in [3.8, 4) is 5.75 Å². The van der Waals surface area contributed by atoms with Gasteiger partial charge in [-0.25, -0.2) is 4.79 Å². The molecule has 0 saturated carbocycles. The van der Waals surface area contributed by atoms with Crippen molar-refractivity contribution < 1.29 is 19.4 Å². The highest BCUT2D eigenvalue weighted by Gasteiger charge is 2.22. The van der Waals surface area contributed by atoms with Crippen LogP contribution in [0.15, 0.2) is 24.3 Å². The molecule has 0 atom stereocenters. The number of nitrogens with one attached hydrogen (secondary N) is 2. The number of carboxylic acids is 1. The third-order valence-corrected chi connectivity index (χ3v) is 2.97. The molecule has 6 heteroatoms. The topological polar surface area (TPSA) is 87.7 Å². The molecule has 0 spiro atoms. The van der Waals surface area contributed by atoms with Crippen LogP contribution in [-0.4, -0.2) is 28.2 Å². The predicted molar refractivity (Wildman–Crippen MR) is 89.9 cm³/mol. The van der Waals surface area contributed by atoms with Gasteiger partial charge in [0.25, 0.3) is 0 Å². The van der Waals surface area contributed by atoms with Crippen LogP contribution < -0.4 is 15.4 Å². The second-order valence-corrected chi connectivity index (χ2v) is 7.07. The number of ether oxygens (including phenoxy) is 1. The van der Waals surface area contributed by atoms with Gasteiger partial charge >= 0.3 is 12.0 Å².